The number of urea groups is 1. The van der Waals surface area contributed by atoms with Gasteiger partial charge in [-0.2, -0.15) is 18.3 Å². The van der Waals surface area contributed by atoms with Crippen LogP contribution < -0.4 is 10.6 Å². The molecular weight excluding hydrogens is 453 g/mol. The number of amides is 4. The topological polar surface area (TPSA) is 109 Å². The summed E-state index contributed by atoms with van der Waals surface area (Å²) in [5.74, 6) is -1.52. The number of anilines is 1. The zero-order valence-corrected chi connectivity index (χ0v) is 18.1. The maximum absolute atomic E-state index is 13.2. The third kappa shape index (κ3) is 4.21. The Morgan fingerprint density at radius 1 is 1.15 bits per heavy atom. The van der Waals surface area contributed by atoms with E-state index in [-0.39, 0.29) is 11.4 Å². The van der Waals surface area contributed by atoms with E-state index in [1.165, 1.54) is 24.3 Å². The van der Waals surface area contributed by atoms with E-state index in [0.29, 0.717) is 5.56 Å². The molecule has 2 heterocycles. The van der Waals surface area contributed by atoms with Crippen molar-refractivity contribution in [3.63, 3.8) is 0 Å². The smallest absolute Gasteiger partial charge is 0.323 e. The van der Waals surface area contributed by atoms with Crippen molar-refractivity contribution >= 4 is 23.5 Å². The van der Waals surface area contributed by atoms with E-state index in [0.717, 1.165) is 28.7 Å². The lowest BCUT2D eigenvalue weighted by atomic mass is 9.91. The van der Waals surface area contributed by atoms with Gasteiger partial charge in [0.2, 0.25) is 5.91 Å². The molecule has 9 nitrogen and oxygen atoms in total. The summed E-state index contributed by atoms with van der Waals surface area (Å²) in [5.41, 5.74) is -0.962. The van der Waals surface area contributed by atoms with Gasteiger partial charge in [0.15, 0.2) is 0 Å². The molecule has 0 aliphatic carbocycles. The molecule has 0 radical (unpaired) electrons. The predicted octanol–water partition coefficient (Wildman–Crippen LogP) is 3.00. The SMILES string of the molecule is Cc1ccc(C2(C)NC(=O)N(CC(=O)Nc3cc(C(F)(F)F)ccc3-n3cncn3)C2=O)cc1. The van der Waals surface area contributed by atoms with Gasteiger partial charge in [-0.1, -0.05) is 29.8 Å². The zero-order chi connectivity index (χ0) is 24.7. The Balaban J connectivity index is 1.57. The van der Waals surface area contributed by atoms with Crippen LogP contribution in [-0.4, -0.2) is 44.1 Å². The minimum Gasteiger partial charge on any atom is -0.323 e. The summed E-state index contributed by atoms with van der Waals surface area (Å²) in [7, 11) is 0. The number of benzene rings is 2. The molecule has 1 atom stereocenters. The highest BCUT2D eigenvalue weighted by Crippen LogP contribution is 2.33. The first-order valence-electron chi connectivity index (χ1n) is 10.1. The summed E-state index contributed by atoms with van der Waals surface area (Å²) in [4.78, 5) is 42.7. The number of imide groups is 1. The molecule has 12 heteroatoms. The molecule has 1 aliphatic rings. The number of aromatic nitrogens is 3. The van der Waals surface area contributed by atoms with Gasteiger partial charge in [-0.25, -0.2) is 14.5 Å². The number of hydrogen-bond donors (Lipinski definition) is 2. The first kappa shape index (κ1) is 23.0. The van der Waals surface area contributed by atoms with Crippen LogP contribution >= 0.6 is 0 Å². The van der Waals surface area contributed by atoms with Gasteiger partial charge in [0.1, 0.15) is 24.7 Å². The lowest BCUT2D eigenvalue weighted by Crippen LogP contribution is -2.42. The second kappa shape index (κ2) is 8.28. The average Bonchev–Trinajstić information content (AvgIpc) is 3.37. The molecule has 1 saturated heterocycles. The number of alkyl halides is 3. The van der Waals surface area contributed by atoms with Crippen molar-refractivity contribution in [2.24, 2.45) is 0 Å². The van der Waals surface area contributed by atoms with Crippen molar-refractivity contribution < 1.29 is 27.6 Å². The Bertz CT molecular complexity index is 1260. The van der Waals surface area contributed by atoms with Crippen LogP contribution in [0.25, 0.3) is 5.69 Å². The van der Waals surface area contributed by atoms with Crippen LogP contribution in [0.3, 0.4) is 0 Å². The van der Waals surface area contributed by atoms with E-state index in [4.69, 9.17) is 0 Å². The molecule has 2 aromatic carbocycles. The molecule has 4 amide bonds. The fourth-order valence-corrected chi connectivity index (χ4v) is 3.60. The van der Waals surface area contributed by atoms with Crippen LogP contribution in [-0.2, 0) is 21.3 Å². The Morgan fingerprint density at radius 2 is 1.85 bits per heavy atom. The van der Waals surface area contributed by atoms with Crippen LogP contribution in [0.15, 0.2) is 55.1 Å². The standard InChI is InChI=1S/C22H19F3N6O3/c1-13-3-5-14(6-4-13)21(2)19(33)30(20(34)29-21)10-18(32)28-16-9-15(22(23,24)25)7-8-17(16)31-12-26-11-27-31/h3-9,11-12H,10H2,1-2H3,(H,28,32)(H,29,34). The van der Waals surface area contributed by atoms with E-state index in [9.17, 15) is 27.6 Å². The quantitative estimate of drug-likeness (QED) is 0.555. The van der Waals surface area contributed by atoms with Crippen LogP contribution in [0.5, 0.6) is 0 Å². The van der Waals surface area contributed by atoms with Crippen molar-refractivity contribution in [1.82, 2.24) is 25.0 Å². The highest BCUT2D eigenvalue weighted by Gasteiger charge is 2.49. The van der Waals surface area contributed by atoms with Crippen LogP contribution in [0, 0.1) is 6.92 Å². The number of halogens is 3. The van der Waals surface area contributed by atoms with E-state index in [1.54, 1.807) is 24.3 Å². The molecule has 0 spiro atoms. The number of carbonyl (C=O) groups is 3. The molecule has 0 bridgehead atoms. The molecular formula is C22H19F3N6O3. The summed E-state index contributed by atoms with van der Waals surface area (Å²) in [6.45, 7) is 2.70. The van der Waals surface area contributed by atoms with Gasteiger partial charge in [-0.05, 0) is 37.6 Å². The van der Waals surface area contributed by atoms with Crippen molar-refractivity contribution in [2.75, 3.05) is 11.9 Å². The Kier molecular flexibility index (Phi) is 5.59. The second-order valence-electron chi connectivity index (χ2n) is 7.93. The van der Waals surface area contributed by atoms with Crippen LogP contribution in [0.4, 0.5) is 23.7 Å². The van der Waals surface area contributed by atoms with Crippen molar-refractivity contribution in [2.45, 2.75) is 25.6 Å². The summed E-state index contributed by atoms with van der Waals surface area (Å²) >= 11 is 0. The van der Waals surface area contributed by atoms with Gasteiger partial charge in [-0.3, -0.25) is 14.5 Å². The van der Waals surface area contributed by atoms with Gasteiger partial charge in [0.25, 0.3) is 5.91 Å². The van der Waals surface area contributed by atoms with Crippen molar-refractivity contribution in [3.8, 4) is 5.69 Å². The molecule has 1 fully saturated rings. The highest BCUT2D eigenvalue weighted by atomic mass is 19.4. The van der Waals surface area contributed by atoms with Gasteiger partial charge >= 0.3 is 12.2 Å². The number of carbonyl (C=O) groups excluding carboxylic acids is 3. The molecule has 1 aliphatic heterocycles. The lowest BCUT2D eigenvalue weighted by molar-refractivity contribution is -0.137. The van der Waals surface area contributed by atoms with Gasteiger partial charge in [-0.15, -0.1) is 0 Å². The van der Waals surface area contributed by atoms with Gasteiger partial charge in [0.05, 0.1) is 16.9 Å². The summed E-state index contributed by atoms with van der Waals surface area (Å²) in [6, 6.07) is 8.91. The Morgan fingerprint density at radius 3 is 2.47 bits per heavy atom. The predicted molar refractivity (Wildman–Crippen MR) is 114 cm³/mol. The first-order valence-corrected chi connectivity index (χ1v) is 10.1. The first-order chi connectivity index (χ1) is 16.0. The molecule has 2 N–H and O–H groups in total. The van der Waals surface area contributed by atoms with Crippen molar-refractivity contribution in [3.05, 3.63) is 71.8 Å². The third-order valence-electron chi connectivity index (χ3n) is 5.47. The largest absolute Gasteiger partial charge is 0.416 e. The summed E-state index contributed by atoms with van der Waals surface area (Å²) in [5, 5.41) is 8.81. The van der Waals surface area contributed by atoms with Gasteiger partial charge in [0, 0.05) is 0 Å². The third-order valence-corrected chi connectivity index (χ3v) is 5.47. The summed E-state index contributed by atoms with van der Waals surface area (Å²) < 4.78 is 40.9. The van der Waals surface area contributed by atoms with E-state index in [2.05, 4.69) is 20.7 Å². The van der Waals surface area contributed by atoms with Crippen LogP contribution in [0.1, 0.15) is 23.6 Å². The molecule has 176 valence electrons. The summed E-state index contributed by atoms with van der Waals surface area (Å²) in [6.07, 6.45) is -2.22. The number of hydrogen-bond acceptors (Lipinski definition) is 5. The molecule has 34 heavy (non-hydrogen) atoms. The van der Waals surface area contributed by atoms with Gasteiger partial charge < -0.3 is 10.6 Å². The minimum absolute atomic E-state index is 0.126. The normalized spacial score (nSPS) is 18.2. The Labute approximate surface area is 191 Å². The fraction of sp³-hybridized carbons (Fsp3) is 0.227. The fourth-order valence-electron chi connectivity index (χ4n) is 3.60. The average molecular weight is 472 g/mol. The highest BCUT2D eigenvalue weighted by molar-refractivity contribution is 6.10. The minimum atomic E-state index is -4.65. The van der Waals surface area contributed by atoms with E-state index < -0.39 is 41.7 Å². The molecule has 0 saturated carbocycles. The molecule has 1 unspecified atom stereocenters. The second-order valence-corrected chi connectivity index (χ2v) is 7.93. The molecule has 1 aromatic heterocycles. The van der Waals surface area contributed by atoms with E-state index in [1.807, 2.05) is 6.92 Å². The van der Waals surface area contributed by atoms with E-state index >= 15 is 0 Å². The molecule has 3 aromatic rings. The monoisotopic (exact) mass is 472 g/mol. The number of rotatable bonds is 5. The maximum Gasteiger partial charge on any atom is 0.416 e. The van der Waals surface area contributed by atoms with Crippen LogP contribution in [0.2, 0.25) is 0 Å². The van der Waals surface area contributed by atoms with Crippen molar-refractivity contribution in [1.29, 1.82) is 0 Å². The molecule has 4 rings (SSSR count). The number of aryl methyl sites for hydroxylation is 1. The Hall–Kier alpha value is -4.22. The maximum atomic E-state index is 13.2. The number of nitrogens with zero attached hydrogens (tertiary/aromatic N) is 4. The zero-order valence-electron chi connectivity index (χ0n) is 18.1. The lowest BCUT2D eigenvalue weighted by Gasteiger charge is -2.22. The number of nitrogens with one attached hydrogen (secondary N) is 2.